The van der Waals surface area contributed by atoms with Crippen LogP contribution in [-0.4, -0.2) is 35.9 Å². The van der Waals surface area contributed by atoms with Crippen LogP contribution >= 0.6 is 0 Å². The minimum absolute atomic E-state index is 0.150. The number of aromatic nitrogens is 6. The molecule has 0 saturated heterocycles. The second-order valence-corrected chi connectivity index (χ2v) is 8.17. The molecular weight excluding hydrogens is 390 g/mol. The van der Waals surface area contributed by atoms with Gasteiger partial charge in [-0.3, -0.25) is 4.57 Å². The van der Waals surface area contributed by atoms with Crippen molar-refractivity contribution in [1.82, 2.24) is 29.9 Å². The fraction of sp³-hybridized carbons (Fsp3) is 0.348. The molecule has 2 aliphatic rings. The van der Waals surface area contributed by atoms with Crippen LogP contribution in [0, 0.1) is 0 Å². The van der Waals surface area contributed by atoms with E-state index in [1.165, 1.54) is 25.7 Å². The summed E-state index contributed by atoms with van der Waals surface area (Å²) in [4.78, 5) is 12.2. The van der Waals surface area contributed by atoms with Gasteiger partial charge in [-0.15, -0.1) is 10.2 Å². The molecule has 1 fully saturated rings. The van der Waals surface area contributed by atoms with Crippen molar-refractivity contribution in [3.8, 4) is 28.3 Å². The summed E-state index contributed by atoms with van der Waals surface area (Å²) < 4.78 is 7.37. The van der Waals surface area contributed by atoms with Crippen LogP contribution in [0.25, 0.3) is 28.3 Å². The van der Waals surface area contributed by atoms with Crippen molar-refractivity contribution in [2.75, 3.05) is 4.90 Å². The molecule has 8 nitrogen and oxygen atoms in total. The maximum absolute atomic E-state index is 5.34. The number of nitrogens with zero attached hydrogens (tertiary/aromatic N) is 7. The predicted octanol–water partition coefficient (Wildman–Crippen LogP) is 4.59. The molecule has 4 aromatic rings. The van der Waals surface area contributed by atoms with E-state index in [9.17, 15) is 0 Å². The van der Waals surface area contributed by atoms with E-state index in [4.69, 9.17) is 14.5 Å². The average Bonchev–Trinajstić information content (AvgIpc) is 3.59. The van der Waals surface area contributed by atoms with Crippen LogP contribution in [0.1, 0.15) is 50.9 Å². The first kappa shape index (κ1) is 18.2. The molecule has 0 spiro atoms. The fourth-order valence-electron chi connectivity index (χ4n) is 4.97. The zero-order chi connectivity index (χ0) is 20.8. The molecule has 0 bridgehead atoms. The Labute approximate surface area is 180 Å². The molecule has 8 heteroatoms. The van der Waals surface area contributed by atoms with E-state index in [2.05, 4.69) is 27.2 Å². The highest BCUT2D eigenvalue weighted by Gasteiger charge is 2.38. The van der Waals surface area contributed by atoms with Gasteiger partial charge in [0.2, 0.25) is 0 Å². The third-order valence-corrected chi connectivity index (χ3v) is 6.42. The number of benzene rings is 1. The van der Waals surface area contributed by atoms with E-state index in [1.54, 1.807) is 12.6 Å². The molecule has 1 aliphatic carbocycles. The van der Waals surface area contributed by atoms with Gasteiger partial charge in [0.05, 0.1) is 17.8 Å². The van der Waals surface area contributed by atoms with E-state index < -0.39 is 0 Å². The smallest absolute Gasteiger partial charge is 0.167 e. The van der Waals surface area contributed by atoms with E-state index in [0.29, 0.717) is 11.9 Å². The Balaban J connectivity index is 1.51. The minimum Gasteiger partial charge on any atom is -0.363 e. The monoisotopic (exact) mass is 413 g/mol. The summed E-state index contributed by atoms with van der Waals surface area (Å²) in [6.45, 7) is 2.20. The summed E-state index contributed by atoms with van der Waals surface area (Å²) in [6, 6.07) is 10.6. The summed E-state index contributed by atoms with van der Waals surface area (Å²) in [7, 11) is 0. The maximum Gasteiger partial charge on any atom is 0.167 e. The summed E-state index contributed by atoms with van der Waals surface area (Å²) in [5.41, 5.74) is 3.45. The van der Waals surface area contributed by atoms with Crippen molar-refractivity contribution in [3.05, 3.63) is 54.9 Å². The minimum atomic E-state index is 0.150. The molecule has 0 N–H and O–H groups in total. The van der Waals surface area contributed by atoms with Gasteiger partial charge in [-0.05, 0) is 19.3 Å². The van der Waals surface area contributed by atoms with Gasteiger partial charge in [0.1, 0.15) is 24.0 Å². The highest BCUT2D eigenvalue weighted by Crippen LogP contribution is 2.43. The Kier molecular flexibility index (Phi) is 4.29. The molecule has 1 aromatic carbocycles. The van der Waals surface area contributed by atoms with Gasteiger partial charge in [0.25, 0.3) is 0 Å². The quantitative estimate of drug-likeness (QED) is 0.483. The van der Waals surface area contributed by atoms with Gasteiger partial charge in [0.15, 0.2) is 17.5 Å². The van der Waals surface area contributed by atoms with Crippen molar-refractivity contribution in [3.63, 3.8) is 0 Å². The molecule has 3 aromatic heterocycles. The highest BCUT2D eigenvalue weighted by molar-refractivity contribution is 5.77. The lowest BCUT2D eigenvalue weighted by molar-refractivity contribution is 0.422. The van der Waals surface area contributed by atoms with Gasteiger partial charge in [-0.2, -0.15) is 0 Å². The molecule has 0 amide bonds. The van der Waals surface area contributed by atoms with Gasteiger partial charge >= 0.3 is 0 Å². The second kappa shape index (κ2) is 7.30. The lowest BCUT2D eigenvalue weighted by atomic mass is 10.0. The number of anilines is 1. The van der Waals surface area contributed by atoms with Gasteiger partial charge in [-0.1, -0.05) is 55.3 Å². The highest BCUT2D eigenvalue weighted by atomic mass is 16.5. The first-order chi connectivity index (χ1) is 15.3. The summed E-state index contributed by atoms with van der Waals surface area (Å²) in [6.07, 6.45) is 11.1. The topological polar surface area (TPSA) is 85.8 Å². The van der Waals surface area contributed by atoms with Crippen molar-refractivity contribution in [1.29, 1.82) is 0 Å². The van der Waals surface area contributed by atoms with Crippen molar-refractivity contribution in [2.24, 2.45) is 0 Å². The zero-order valence-electron chi connectivity index (χ0n) is 17.3. The van der Waals surface area contributed by atoms with Crippen LogP contribution in [0.3, 0.4) is 0 Å². The SMILES string of the molecule is CC[C@H]1c2nncn2-c2cnc(-c3conc3-c3ccccc3)nc2N1C1CCCC1. The van der Waals surface area contributed by atoms with Gasteiger partial charge in [-0.25, -0.2) is 9.97 Å². The van der Waals surface area contributed by atoms with Crippen LogP contribution in [0.4, 0.5) is 5.82 Å². The summed E-state index contributed by atoms with van der Waals surface area (Å²) in [5.74, 6) is 2.53. The van der Waals surface area contributed by atoms with E-state index in [-0.39, 0.29) is 6.04 Å². The van der Waals surface area contributed by atoms with E-state index >= 15 is 0 Å². The molecule has 31 heavy (non-hydrogen) atoms. The van der Waals surface area contributed by atoms with Gasteiger partial charge in [0, 0.05) is 11.6 Å². The molecule has 6 rings (SSSR count). The standard InChI is InChI=1S/C23H23N7O/c1-2-18-23-27-25-14-29(23)19-12-24-21(26-22(19)30(18)16-10-6-7-11-16)17-13-31-28-20(17)15-8-4-3-5-9-15/h3-5,8-9,12-14,16,18H,2,6-7,10-11H2,1H3/t18-/m0/s1. The Morgan fingerprint density at radius 3 is 2.77 bits per heavy atom. The van der Waals surface area contributed by atoms with Crippen LogP contribution in [0.5, 0.6) is 0 Å². The van der Waals surface area contributed by atoms with Crippen LogP contribution in [0.15, 0.2) is 53.6 Å². The predicted molar refractivity (Wildman–Crippen MR) is 116 cm³/mol. The summed E-state index contributed by atoms with van der Waals surface area (Å²) in [5, 5.41) is 12.9. The largest absolute Gasteiger partial charge is 0.363 e. The van der Waals surface area contributed by atoms with E-state index in [0.717, 1.165) is 40.6 Å². The van der Waals surface area contributed by atoms with Crippen molar-refractivity contribution < 1.29 is 4.52 Å². The Hall–Kier alpha value is -3.55. The molecule has 1 atom stereocenters. The molecule has 4 heterocycles. The fourth-order valence-corrected chi connectivity index (χ4v) is 4.97. The Bertz CT molecular complexity index is 1210. The number of rotatable bonds is 4. The molecule has 0 unspecified atom stereocenters. The molecule has 1 aliphatic heterocycles. The first-order valence-corrected chi connectivity index (χ1v) is 10.9. The number of fused-ring (bicyclic) bond motifs is 3. The van der Waals surface area contributed by atoms with Crippen molar-refractivity contribution in [2.45, 2.75) is 51.1 Å². The molecular formula is C23H23N7O. The third kappa shape index (κ3) is 2.85. The van der Waals surface area contributed by atoms with Crippen LogP contribution in [-0.2, 0) is 0 Å². The summed E-state index contributed by atoms with van der Waals surface area (Å²) >= 11 is 0. The third-order valence-electron chi connectivity index (χ3n) is 6.42. The Morgan fingerprint density at radius 2 is 1.97 bits per heavy atom. The zero-order valence-corrected chi connectivity index (χ0v) is 17.3. The number of hydrogen-bond donors (Lipinski definition) is 0. The normalized spacial score (nSPS) is 18.2. The lowest BCUT2D eigenvalue weighted by Gasteiger charge is -2.40. The average molecular weight is 413 g/mol. The Morgan fingerprint density at radius 1 is 1.13 bits per heavy atom. The van der Waals surface area contributed by atoms with Crippen molar-refractivity contribution >= 4 is 5.82 Å². The molecule has 1 saturated carbocycles. The van der Waals surface area contributed by atoms with Gasteiger partial charge < -0.3 is 9.42 Å². The van der Waals surface area contributed by atoms with E-state index in [1.807, 2.05) is 41.1 Å². The number of hydrogen-bond acceptors (Lipinski definition) is 7. The van der Waals surface area contributed by atoms with Crippen LogP contribution < -0.4 is 4.90 Å². The maximum atomic E-state index is 5.34. The lowest BCUT2D eigenvalue weighted by Crippen LogP contribution is -2.42. The van der Waals surface area contributed by atoms with Crippen LogP contribution in [0.2, 0.25) is 0 Å². The first-order valence-electron chi connectivity index (χ1n) is 10.9. The molecule has 0 radical (unpaired) electrons. The molecule has 156 valence electrons. The second-order valence-electron chi connectivity index (χ2n) is 8.17.